The highest BCUT2D eigenvalue weighted by Crippen LogP contribution is 2.28. The van der Waals surface area contributed by atoms with Gasteiger partial charge >= 0.3 is 0 Å². The first-order valence-corrected chi connectivity index (χ1v) is 10.0. The van der Waals surface area contributed by atoms with Gasteiger partial charge in [-0.15, -0.1) is 10.2 Å². The van der Waals surface area contributed by atoms with Crippen LogP contribution in [0.15, 0.2) is 33.5 Å². The van der Waals surface area contributed by atoms with Crippen molar-refractivity contribution in [3.8, 4) is 0 Å². The SMILES string of the molecule is CC(C)CC(=O)Nc1nnc(SCc2cc(=O)n3cc(Cl)ccc3n2)s1. The van der Waals surface area contributed by atoms with E-state index in [9.17, 15) is 9.59 Å². The average Bonchev–Trinajstić information content (AvgIpc) is 3.00. The molecule has 0 aliphatic rings. The van der Waals surface area contributed by atoms with E-state index in [1.807, 2.05) is 13.8 Å². The van der Waals surface area contributed by atoms with Gasteiger partial charge in [0.05, 0.1) is 10.7 Å². The van der Waals surface area contributed by atoms with E-state index in [0.717, 1.165) is 0 Å². The standard InChI is InChI=1S/C16H16ClN5O2S2/c1-9(2)5-13(23)19-15-20-21-16(26-15)25-8-11-6-14(24)22-7-10(17)3-4-12(22)18-11/h3-4,6-7,9H,5,8H2,1-2H3,(H,19,20,23). The minimum atomic E-state index is -0.188. The number of amides is 1. The van der Waals surface area contributed by atoms with Crippen LogP contribution in [0.4, 0.5) is 5.13 Å². The van der Waals surface area contributed by atoms with Crippen molar-refractivity contribution in [3.63, 3.8) is 0 Å². The summed E-state index contributed by atoms with van der Waals surface area (Å²) < 4.78 is 2.10. The Morgan fingerprint density at radius 3 is 2.96 bits per heavy atom. The second-order valence-electron chi connectivity index (χ2n) is 5.97. The number of aromatic nitrogens is 4. The van der Waals surface area contributed by atoms with E-state index in [1.54, 1.807) is 18.3 Å². The van der Waals surface area contributed by atoms with Crippen molar-refractivity contribution >= 4 is 51.4 Å². The van der Waals surface area contributed by atoms with Gasteiger partial charge in [0.25, 0.3) is 5.56 Å². The zero-order valence-electron chi connectivity index (χ0n) is 14.1. The predicted octanol–water partition coefficient (Wildman–Crippen LogP) is 3.48. The Morgan fingerprint density at radius 1 is 1.38 bits per heavy atom. The Hall–Kier alpha value is -1.97. The molecule has 10 heteroatoms. The van der Waals surface area contributed by atoms with Gasteiger partial charge in [-0.05, 0) is 18.1 Å². The van der Waals surface area contributed by atoms with E-state index in [-0.39, 0.29) is 17.4 Å². The normalized spacial score (nSPS) is 11.2. The van der Waals surface area contributed by atoms with E-state index in [2.05, 4.69) is 20.5 Å². The first kappa shape index (κ1) is 18.8. The topological polar surface area (TPSA) is 89.2 Å². The molecule has 3 rings (SSSR count). The monoisotopic (exact) mass is 409 g/mol. The fourth-order valence-corrected chi connectivity index (χ4v) is 4.02. The Bertz CT molecular complexity index is 1000. The van der Waals surface area contributed by atoms with Gasteiger partial charge in [-0.2, -0.15) is 0 Å². The van der Waals surface area contributed by atoms with Crippen LogP contribution in [0.1, 0.15) is 26.0 Å². The van der Waals surface area contributed by atoms with Crippen molar-refractivity contribution in [2.75, 3.05) is 5.32 Å². The summed E-state index contributed by atoms with van der Waals surface area (Å²) in [6.45, 7) is 3.96. The number of hydrogen-bond donors (Lipinski definition) is 1. The van der Waals surface area contributed by atoms with Crippen molar-refractivity contribution < 1.29 is 4.79 Å². The maximum Gasteiger partial charge on any atom is 0.258 e. The quantitative estimate of drug-likeness (QED) is 0.495. The maximum absolute atomic E-state index is 12.2. The summed E-state index contributed by atoms with van der Waals surface area (Å²) >= 11 is 8.61. The minimum absolute atomic E-state index is 0.0735. The Kier molecular flexibility index (Phi) is 5.90. The molecule has 7 nitrogen and oxygen atoms in total. The number of fused-ring (bicyclic) bond motifs is 1. The maximum atomic E-state index is 12.2. The molecule has 0 aromatic carbocycles. The van der Waals surface area contributed by atoms with Crippen LogP contribution in [-0.4, -0.2) is 25.5 Å². The second-order valence-corrected chi connectivity index (χ2v) is 8.61. The molecule has 136 valence electrons. The summed E-state index contributed by atoms with van der Waals surface area (Å²) in [5, 5.41) is 11.7. The van der Waals surface area contributed by atoms with E-state index in [4.69, 9.17) is 11.6 Å². The highest BCUT2D eigenvalue weighted by molar-refractivity contribution is 8.00. The molecule has 0 aliphatic carbocycles. The Morgan fingerprint density at radius 2 is 2.19 bits per heavy atom. The second kappa shape index (κ2) is 8.15. The summed E-state index contributed by atoms with van der Waals surface area (Å²) in [6.07, 6.45) is 1.98. The summed E-state index contributed by atoms with van der Waals surface area (Å²) in [7, 11) is 0. The summed E-state index contributed by atoms with van der Waals surface area (Å²) in [4.78, 5) is 28.4. The van der Waals surface area contributed by atoms with E-state index < -0.39 is 0 Å². The molecule has 0 radical (unpaired) electrons. The van der Waals surface area contributed by atoms with E-state index in [1.165, 1.54) is 33.6 Å². The fraction of sp³-hybridized carbons (Fsp3) is 0.312. The van der Waals surface area contributed by atoms with Crippen LogP contribution in [0.3, 0.4) is 0 Å². The predicted molar refractivity (Wildman–Crippen MR) is 104 cm³/mol. The number of hydrogen-bond acceptors (Lipinski definition) is 7. The number of nitrogens with one attached hydrogen (secondary N) is 1. The van der Waals surface area contributed by atoms with Gasteiger partial charge in [0.2, 0.25) is 11.0 Å². The van der Waals surface area contributed by atoms with E-state index >= 15 is 0 Å². The molecule has 3 aromatic heterocycles. The third-order valence-electron chi connectivity index (χ3n) is 3.27. The molecule has 3 aromatic rings. The van der Waals surface area contributed by atoms with E-state index in [0.29, 0.717) is 38.0 Å². The molecular weight excluding hydrogens is 394 g/mol. The van der Waals surface area contributed by atoms with Gasteiger partial charge in [0.1, 0.15) is 5.65 Å². The molecule has 1 amide bonds. The molecule has 0 saturated heterocycles. The summed E-state index contributed by atoms with van der Waals surface area (Å²) in [6, 6.07) is 4.87. The molecule has 3 heterocycles. The van der Waals surface area contributed by atoms with Gasteiger partial charge < -0.3 is 5.32 Å². The van der Waals surface area contributed by atoms with Crippen molar-refractivity contribution in [2.45, 2.75) is 30.4 Å². The molecule has 0 unspecified atom stereocenters. The molecule has 0 bridgehead atoms. The van der Waals surface area contributed by atoms with Crippen LogP contribution in [0.25, 0.3) is 5.65 Å². The first-order chi connectivity index (χ1) is 12.4. The van der Waals surface area contributed by atoms with Crippen molar-refractivity contribution in [1.29, 1.82) is 0 Å². The van der Waals surface area contributed by atoms with Crippen molar-refractivity contribution in [3.05, 3.63) is 45.5 Å². The van der Waals surface area contributed by atoms with Crippen LogP contribution in [-0.2, 0) is 10.5 Å². The van der Waals surface area contributed by atoms with Gasteiger partial charge in [0, 0.05) is 24.4 Å². The third kappa shape index (κ3) is 4.80. The molecule has 0 fully saturated rings. The first-order valence-electron chi connectivity index (χ1n) is 7.84. The van der Waals surface area contributed by atoms with Gasteiger partial charge in [-0.3, -0.25) is 14.0 Å². The average molecular weight is 410 g/mol. The molecular formula is C16H16ClN5O2S2. The number of anilines is 1. The Labute approximate surface area is 162 Å². The number of carbonyl (C=O) groups is 1. The van der Waals surface area contributed by atoms with Crippen molar-refractivity contribution in [1.82, 2.24) is 19.6 Å². The van der Waals surface area contributed by atoms with Gasteiger partial charge in [0.15, 0.2) is 4.34 Å². The number of carbonyl (C=O) groups excluding carboxylic acids is 1. The molecule has 0 aliphatic heterocycles. The van der Waals surface area contributed by atoms with Gasteiger partial charge in [-0.25, -0.2) is 4.98 Å². The fourth-order valence-electron chi connectivity index (χ4n) is 2.20. The zero-order valence-corrected chi connectivity index (χ0v) is 16.5. The molecule has 26 heavy (non-hydrogen) atoms. The molecule has 0 saturated carbocycles. The smallest absolute Gasteiger partial charge is 0.258 e. The largest absolute Gasteiger partial charge is 0.300 e. The summed E-state index contributed by atoms with van der Waals surface area (Å²) in [5.41, 5.74) is 0.992. The molecule has 0 atom stereocenters. The van der Waals surface area contributed by atoms with Crippen LogP contribution in [0.2, 0.25) is 5.02 Å². The lowest BCUT2D eigenvalue weighted by atomic mass is 10.1. The van der Waals surface area contributed by atoms with Crippen LogP contribution < -0.4 is 10.9 Å². The molecule has 1 N–H and O–H groups in total. The number of pyridine rings is 1. The summed E-state index contributed by atoms with van der Waals surface area (Å²) in [5.74, 6) is 0.684. The lowest BCUT2D eigenvalue weighted by Crippen LogP contribution is -2.14. The lowest BCUT2D eigenvalue weighted by Gasteiger charge is -2.03. The molecule has 0 spiro atoms. The Balaban J connectivity index is 1.66. The highest BCUT2D eigenvalue weighted by Gasteiger charge is 2.11. The van der Waals surface area contributed by atoms with Crippen LogP contribution >= 0.6 is 34.7 Å². The number of rotatable bonds is 6. The highest BCUT2D eigenvalue weighted by atomic mass is 35.5. The number of thioether (sulfide) groups is 1. The van der Waals surface area contributed by atoms with Crippen LogP contribution in [0, 0.1) is 5.92 Å². The number of nitrogens with zero attached hydrogens (tertiary/aromatic N) is 4. The van der Waals surface area contributed by atoms with Gasteiger partial charge in [-0.1, -0.05) is 48.5 Å². The lowest BCUT2D eigenvalue weighted by molar-refractivity contribution is -0.116. The zero-order chi connectivity index (χ0) is 18.7. The minimum Gasteiger partial charge on any atom is -0.300 e. The van der Waals surface area contributed by atoms with Crippen LogP contribution in [0.5, 0.6) is 0 Å². The third-order valence-corrected chi connectivity index (χ3v) is 5.50. The van der Waals surface area contributed by atoms with Crippen molar-refractivity contribution in [2.24, 2.45) is 5.92 Å². The number of halogens is 1.